The first-order chi connectivity index (χ1) is 10.6. The van der Waals surface area contributed by atoms with Gasteiger partial charge < -0.3 is 10.0 Å². The van der Waals surface area contributed by atoms with Crippen LogP contribution in [-0.2, 0) is 13.0 Å². The van der Waals surface area contributed by atoms with Gasteiger partial charge in [0.05, 0.1) is 6.10 Å². The van der Waals surface area contributed by atoms with Gasteiger partial charge in [-0.1, -0.05) is 30.3 Å². The van der Waals surface area contributed by atoms with Crippen molar-refractivity contribution >= 4 is 5.82 Å². The molecule has 3 rings (SSSR count). The Bertz CT molecular complexity index is 639. The molecule has 2 aromatic rings. The second-order valence-corrected chi connectivity index (χ2v) is 6.25. The van der Waals surface area contributed by atoms with Crippen LogP contribution >= 0.6 is 0 Å². The monoisotopic (exact) mass is 297 g/mol. The van der Waals surface area contributed by atoms with Crippen LogP contribution in [0.5, 0.6) is 0 Å². The Balaban J connectivity index is 1.69. The molecule has 4 nitrogen and oxygen atoms in total. The lowest BCUT2D eigenvalue weighted by molar-refractivity contribution is 0.0721. The highest BCUT2D eigenvalue weighted by atomic mass is 16.3. The Morgan fingerprint density at radius 2 is 1.91 bits per heavy atom. The molecule has 4 heteroatoms. The molecule has 0 amide bonds. The SMILES string of the molecule is CN(C)c1ccc(CN(C)[C@H]2Cc3ccccc3[C@@H]2O)cn1. The molecule has 0 saturated carbocycles. The van der Waals surface area contributed by atoms with Crippen molar-refractivity contribution in [1.82, 2.24) is 9.88 Å². The van der Waals surface area contributed by atoms with Crippen LogP contribution in [0.15, 0.2) is 42.6 Å². The maximum absolute atomic E-state index is 10.5. The normalized spacial score (nSPS) is 20.2. The predicted molar refractivity (Wildman–Crippen MR) is 88.9 cm³/mol. The summed E-state index contributed by atoms with van der Waals surface area (Å²) in [5, 5.41) is 10.5. The number of likely N-dealkylation sites (N-methyl/N-ethyl adjacent to an activating group) is 1. The molecule has 0 aliphatic heterocycles. The molecule has 1 aromatic carbocycles. The Morgan fingerprint density at radius 3 is 2.55 bits per heavy atom. The summed E-state index contributed by atoms with van der Waals surface area (Å²) in [7, 11) is 6.04. The van der Waals surface area contributed by atoms with Gasteiger partial charge in [-0.25, -0.2) is 4.98 Å². The van der Waals surface area contributed by atoms with Crippen molar-refractivity contribution in [2.45, 2.75) is 25.1 Å². The van der Waals surface area contributed by atoms with E-state index in [1.807, 2.05) is 49.5 Å². The zero-order chi connectivity index (χ0) is 15.7. The van der Waals surface area contributed by atoms with Crippen LogP contribution in [0.3, 0.4) is 0 Å². The quantitative estimate of drug-likeness (QED) is 0.939. The number of hydrogen-bond donors (Lipinski definition) is 1. The first-order valence-corrected chi connectivity index (χ1v) is 7.64. The standard InChI is InChI=1S/C18H23N3O/c1-20(2)17-9-8-13(11-19-17)12-21(3)16-10-14-6-4-5-7-15(14)18(16)22/h4-9,11,16,18,22H,10,12H2,1-3H3/t16-,18-/m0/s1. The molecule has 0 saturated heterocycles. The van der Waals surface area contributed by atoms with E-state index in [1.54, 1.807) is 0 Å². The minimum atomic E-state index is -0.407. The van der Waals surface area contributed by atoms with E-state index in [1.165, 1.54) is 5.56 Å². The van der Waals surface area contributed by atoms with E-state index in [-0.39, 0.29) is 6.04 Å². The van der Waals surface area contributed by atoms with E-state index < -0.39 is 6.10 Å². The molecule has 0 radical (unpaired) electrons. The van der Waals surface area contributed by atoms with E-state index in [2.05, 4.69) is 29.1 Å². The molecular formula is C18H23N3O. The number of anilines is 1. The number of aliphatic hydroxyl groups excluding tert-OH is 1. The van der Waals surface area contributed by atoms with E-state index >= 15 is 0 Å². The number of hydrogen-bond acceptors (Lipinski definition) is 4. The van der Waals surface area contributed by atoms with Crippen LogP contribution in [0.1, 0.15) is 22.8 Å². The van der Waals surface area contributed by atoms with Gasteiger partial charge in [0.1, 0.15) is 5.82 Å². The lowest BCUT2D eigenvalue weighted by atomic mass is 10.1. The number of rotatable bonds is 4. The fourth-order valence-corrected chi connectivity index (χ4v) is 3.13. The average molecular weight is 297 g/mol. The Hall–Kier alpha value is -1.91. The fourth-order valence-electron chi connectivity index (χ4n) is 3.13. The molecule has 1 aliphatic carbocycles. The summed E-state index contributed by atoms with van der Waals surface area (Å²) in [6, 6.07) is 12.4. The van der Waals surface area contributed by atoms with E-state index in [0.29, 0.717) is 0 Å². The number of fused-ring (bicyclic) bond motifs is 1. The maximum atomic E-state index is 10.5. The number of pyridine rings is 1. The molecule has 0 unspecified atom stereocenters. The molecule has 1 heterocycles. The van der Waals surface area contributed by atoms with Gasteiger partial charge in [-0.3, -0.25) is 4.90 Å². The van der Waals surface area contributed by atoms with Gasteiger partial charge in [0.25, 0.3) is 0 Å². The molecule has 116 valence electrons. The van der Waals surface area contributed by atoms with Crippen molar-refractivity contribution in [1.29, 1.82) is 0 Å². The van der Waals surface area contributed by atoms with Crippen LogP contribution in [0.25, 0.3) is 0 Å². The summed E-state index contributed by atoms with van der Waals surface area (Å²) in [5.41, 5.74) is 3.49. The van der Waals surface area contributed by atoms with Crippen LogP contribution < -0.4 is 4.90 Å². The van der Waals surface area contributed by atoms with Gasteiger partial charge >= 0.3 is 0 Å². The second-order valence-electron chi connectivity index (χ2n) is 6.25. The third kappa shape index (κ3) is 2.85. The summed E-state index contributed by atoms with van der Waals surface area (Å²) in [6.45, 7) is 0.788. The highest BCUT2D eigenvalue weighted by Crippen LogP contribution is 2.34. The van der Waals surface area contributed by atoms with Crippen LogP contribution in [-0.4, -0.2) is 42.2 Å². The van der Waals surface area contributed by atoms with Gasteiger partial charge in [0.15, 0.2) is 0 Å². The molecule has 0 spiro atoms. The minimum Gasteiger partial charge on any atom is -0.387 e. The van der Waals surface area contributed by atoms with Gasteiger partial charge in [-0.15, -0.1) is 0 Å². The molecule has 2 atom stereocenters. The lowest BCUT2D eigenvalue weighted by Crippen LogP contribution is -2.34. The molecular weight excluding hydrogens is 274 g/mol. The summed E-state index contributed by atoms with van der Waals surface area (Å²) < 4.78 is 0. The number of benzene rings is 1. The Kier molecular flexibility index (Phi) is 4.14. The topological polar surface area (TPSA) is 39.6 Å². The summed E-state index contributed by atoms with van der Waals surface area (Å²) in [5.74, 6) is 0.958. The summed E-state index contributed by atoms with van der Waals surface area (Å²) >= 11 is 0. The Labute approximate surface area is 132 Å². The average Bonchev–Trinajstić information content (AvgIpc) is 2.85. The summed E-state index contributed by atoms with van der Waals surface area (Å²) in [4.78, 5) is 8.66. The second kappa shape index (κ2) is 6.07. The van der Waals surface area contributed by atoms with Crippen molar-refractivity contribution in [3.63, 3.8) is 0 Å². The van der Waals surface area contributed by atoms with Gasteiger partial charge in [0, 0.05) is 32.9 Å². The first-order valence-electron chi connectivity index (χ1n) is 7.64. The zero-order valence-corrected chi connectivity index (χ0v) is 13.4. The van der Waals surface area contributed by atoms with E-state index in [0.717, 1.165) is 29.9 Å². The van der Waals surface area contributed by atoms with Crippen molar-refractivity contribution in [2.75, 3.05) is 26.0 Å². The maximum Gasteiger partial charge on any atom is 0.127 e. The van der Waals surface area contributed by atoms with E-state index in [9.17, 15) is 5.11 Å². The molecule has 1 aromatic heterocycles. The van der Waals surface area contributed by atoms with Crippen molar-refractivity contribution in [3.8, 4) is 0 Å². The van der Waals surface area contributed by atoms with Crippen molar-refractivity contribution in [2.24, 2.45) is 0 Å². The molecule has 0 bridgehead atoms. The molecule has 1 aliphatic rings. The molecule has 22 heavy (non-hydrogen) atoms. The molecule has 0 fully saturated rings. The van der Waals surface area contributed by atoms with Gasteiger partial charge in [-0.2, -0.15) is 0 Å². The third-order valence-electron chi connectivity index (χ3n) is 4.43. The van der Waals surface area contributed by atoms with Crippen LogP contribution in [0, 0.1) is 0 Å². The number of nitrogens with zero attached hydrogens (tertiary/aromatic N) is 3. The minimum absolute atomic E-state index is 0.130. The predicted octanol–water partition coefficient (Wildman–Crippen LogP) is 2.24. The van der Waals surface area contributed by atoms with Crippen LogP contribution in [0.2, 0.25) is 0 Å². The van der Waals surface area contributed by atoms with Gasteiger partial charge in [-0.05, 0) is 36.2 Å². The smallest absolute Gasteiger partial charge is 0.127 e. The fraction of sp³-hybridized carbons (Fsp3) is 0.389. The van der Waals surface area contributed by atoms with Crippen molar-refractivity contribution in [3.05, 3.63) is 59.3 Å². The van der Waals surface area contributed by atoms with Crippen molar-refractivity contribution < 1.29 is 5.11 Å². The van der Waals surface area contributed by atoms with Crippen LogP contribution in [0.4, 0.5) is 5.82 Å². The number of aromatic nitrogens is 1. The highest BCUT2D eigenvalue weighted by molar-refractivity contribution is 5.38. The third-order valence-corrected chi connectivity index (χ3v) is 4.43. The summed E-state index contributed by atoms with van der Waals surface area (Å²) in [6.07, 6.45) is 2.41. The number of aliphatic hydroxyl groups is 1. The zero-order valence-electron chi connectivity index (χ0n) is 13.4. The lowest BCUT2D eigenvalue weighted by Gasteiger charge is -2.27. The Morgan fingerprint density at radius 1 is 1.14 bits per heavy atom. The molecule has 1 N–H and O–H groups in total. The van der Waals surface area contributed by atoms with Gasteiger partial charge in [0.2, 0.25) is 0 Å². The highest BCUT2D eigenvalue weighted by Gasteiger charge is 2.33. The largest absolute Gasteiger partial charge is 0.387 e. The first kappa shape index (κ1) is 15.0. The van der Waals surface area contributed by atoms with E-state index in [4.69, 9.17) is 0 Å².